The van der Waals surface area contributed by atoms with E-state index in [1.807, 2.05) is 36.5 Å². The first kappa shape index (κ1) is 22.5. The standard InChI is InChI=1S/C23H30N4O4/c1-3-31-23(30)19-8-7-13-26(16-19)22(29)17-25(2)21(28)12-11-18-14-24-27(15-18)20-9-5-4-6-10-20/h4-6,9-10,14-15,19H,3,7-8,11-13,16-17H2,1-2H3. The summed E-state index contributed by atoms with van der Waals surface area (Å²) in [5.41, 5.74) is 1.93. The second kappa shape index (κ2) is 10.7. The third-order valence-electron chi connectivity index (χ3n) is 5.48. The molecule has 166 valence electrons. The highest BCUT2D eigenvalue weighted by Crippen LogP contribution is 2.18. The average molecular weight is 427 g/mol. The van der Waals surface area contributed by atoms with Gasteiger partial charge in [-0.3, -0.25) is 14.4 Å². The Hall–Kier alpha value is -3.16. The molecule has 31 heavy (non-hydrogen) atoms. The lowest BCUT2D eigenvalue weighted by Gasteiger charge is -2.32. The van der Waals surface area contributed by atoms with Gasteiger partial charge in [-0.25, -0.2) is 4.68 Å². The molecule has 1 aliphatic heterocycles. The van der Waals surface area contributed by atoms with Crippen molar-refractivity contribution in [3.63, 3.8) is 0 Å². The van der Waals surface area contributed by atoms with Crippen molar-refractivity contribution in [1.29, 1.82) is 0 Å². The first-order valence-corrected chi connectivity index (χ1v) is 10.7. The van der Waals surface area contributed by atoms with Crippen LogP contribution in [0.3, 0.4) is 0 Å². The zero-order valence-corrected chi connectivity index (χ0v) is 18.2. The topological polar surface area (TPSA) is 84.7 Å². The molecule has 3 rings (SSSR count). The number of nitrogens with zero attached hydrogens (tertiary/aromatic N) is 4. The predicted molar refractivity (Wildman–Crippen MR) is 115 cm³/mol. The molecule has 2 amide bonds. The average Bonchev–Trinajstić information content (AvgIpc) is 3.27. The van der Waals surface area contributed by atoms with Crippen LogP contribution in [0.15, 0.2) is 42.7 Å². The van der Waals surface area contributed by atoms with Gasteiger partial charge >= 0.3 is 5.97 Å². The predicted octanol–water partition coefficient (Wildman–Crippen LogP) is 2.06. The second-order valence-corrected chi connectivity index (χ2v) is 7.81. The van der Waals surface area contributed by atoms with Crippen LogP contribution in [0.1, 0.15) is 31.7 Å². The van der Waals surface area contributed by atoms with Crippen LogP contribution in [0.5, 0.6) is 0 Å². The summed E-state index contributed by atoms with van der Waals surface area (Å²) in [7, 11) is 1.64. The van der Waals surface area contributed by atoms with Crippen molar-refractivity contribution in [3.05, 3.63) is 48.3 Å². The fraction of sp³-hybridized carbons (Fsp3) is 0.478. The van der Waals surface area contributed by atoms with Gasteiger partial charge in [-0.1, -0.05) is 18.2 Å². The van der Waals surface area contributed by atoms with E-state index in [4.69, 9.17) is 4.74 Å². The van der Waals surface area contributed by atoms with Crippen LogP contribution in [-0.2, 0) is 25.5 Å². The molecule has 0 saturated carbocycles. The van der Waals surface area contributed by atoms with E-state index in [2.05, 4.69) is 5.10 Å². The van der Waals surface area contributed by atoms with Gasteiger partial charge in [0.1, 0.15) is 0 Å². The lowest BCUT2D eigenvalue weighted by molar-refractivity contribution is -0.152. The van der Waals surface area contributed by atoms with Crippen molar-refractivity contribution in [2.75, 3.05) is 33.3 Å². The first-order valence-electron chi connectivity index (χ1n) is 10.7. The van der Waals surface area contributed by atoms with Crippen LogP contribution in [-0.4, -0.2) is 70.7 Å². The summed E-state index contributed by atoms with van der Waals surface area (Å²) in [6, 6.07) is 9.78. The minimum absolute atomic E-state index is 0.0116. The van der Waals surface area contributed by atoms with Gasteiger partial charge in [-0.2, -0.15) is 5.10 Å². The molecular weight excluding hydrogens is 396 g/mol. The Morgan fingerprint density at radius 3 is 2.74 bits per heavy atom. The van der Waals surface area contributed by atoms with Gasteiger partial charge in [-0.15, -0.1) is 0 Å². The summed E-state index contributed by atoms with van der Waals surface area (Å²) in [5.74, 6) is -0.762. The third kappa shape index (κ3) is 6.16. The minimum Gasteiger partial charge on any atom is -0.466 e. The fourth-order valence-corrected chi connectivity index (χ4v) is 3.70. The molecule has 0 spiro atoms. The van der Waals surface area contributed by atoms with Gasteiger partial charge in [0.25, 0.3) is 0 Å². The molecule has 1 fully saturated rings. The molecule has 0 bridgehead atoms. The summed E-state index contributed by atoms with van der Waals surface area (Å²) >= 11 is 0. The summed E-state index contributed by atoms with van der Waals surface area (Å²) in [4.78, 5) is 40.3. The Kier molecular flexibility index (Phi) is 7.81. The van der Waals surface area contributed by atoms with E-state index in [0.717, 1.165) is 24.1 Å². The number of esters is 1. The van der Waals surface area contributed by atoms with E-state index in [1.165, 1.54) is 4.90 Å². The monoisotopic (exact) mass is 426 g/mol. The Balaban J connectivity index is 1.46. The van der Waals surface area contributed by atoms with Crippen molar-refractivity contribution in [1.82, 2.24) is 19.6 Å². The van der Waals surface area contributed by atoms with Crippen LogP contribution in [0.2, 0.25) is 0 Å². The highest BCUT2D eigenvalue weighted by Gasteiger charge is 2.30. The maximum absolute atomic E-state index is 12.6. The molecule has 2 aromatic rings. The molecule has 1 saturated heterocycles. The van der Waals surface area contributed by atoms with Gasteiger partial charge in [-0.05, 0) is 43.9 Å². The van der Waals surface area contributed by atoms with E-state index in [1.54, 1.807) is 29.7 Å². The second-order valence-electron chi connectivity index (χ2n) is 7.81. The number of aromatic nitrogens is 2. The number of para-hydroxylation sites is 1. The number of likely N-dealkylation sites (N-methyl/N-ethyl adjacent to an activating group) is 1. The number of aryl methyl sites for hydroxylation is 1. The number of hydrogen-bond acceptors (Lipinski definition) is 5. The molecule has 1 unspecified atom stereocenters. The molecule has 0 N–H and O–H groups in total. The Morgan fingerprint density at radius 2 is 2.00 bits per heavy atom. The summed E-state index contributed by atoms with van der Waals surface area (Å²) in [6.07, 6.45) is 6.02. The first-order chi connectivity index (χ1) is 15.0. The maximum Gasteiger partial charge on any atom is 0.310 e. The minimum atomic E-state index is -0.278. The van der Waals surface area contributed by atoms with E-state index in [9.17, 15) is 14.4 Å². The molecule has 8 nitrogen and oxygen atoms in total. The number of benzene rings is 1. The number of amides is 2. The highest BCUT2D eigenvalue weighted by atomic mass is 16.5. The third-order valence-corrected chi connectivity index (χ3v) is 5.48. The smallest absolute Gasteiger partial charge is 0.310 e. The molecular formula is C23H30N4O4. The van der Waals surface area contributed by atoms with Crippen molar-refractivity contribution in [2.45, 2.75) is 32.6 Å². The Morgan fingerprint density at radius 1 is 1.23 bits per heavy atom. The van der Waals surface area contributed by atoms with Gasteiger partial charge in [0, 0.05) is 32.8 Å². The van der Waals surface area contributed by atoms with Crippen LogP contribution < -0.4 is 0 Å². The van der Waals surface area contributed by atoms with E-state index in [-0.39, 0.29) is 30.2 Å². The number of carbonyl (C=O) groups excluding carboxylic acids is 3. The molecule has 2 heterocycles. The molecule has 1 aromatic heterocycles. The van der Waals surface area contributed by atoms with Gasteiger partial charge in [0.15, 0.2) is 0 Å². The van der Waals surface area contributed by atoms with Crippen LogP contribution in [0, 0.1) is 5.92 Å². The Labute approximate surface area is 182 Å². The zero-order valence-electron chi connectivity index (χ0n) is 18.2. The zero-order chi connectivity index (χ0) is 22.2. The van der Waals surface area contributed by atoms with Crippen molar-refractivity contribution >= 4 is 17.8 Å². The molecule has 0 aliphatic carbocycles. The van der Waals surface area contributed by atoms with E-state index < -0.39 is 0 Å². The quantitative estimate of drug-likeness (QED) is 0.604. The fourth-order valence-electron chi connectivity index (χ4n) is 3.70. The Bertz CT molecular complexity index is 896. The van der Waals surface area contributed by atoms with Crippen LogP contribution in [0.4, 0.5) is 0 Å². The number of ether oxygens (including phenoxy) is 1. The molecule has 1 atom stereocenters. The van der Waals surface area contributed by atoms with Crippen molar-refractivity contribution in [3.8, 4) is 5.69 Å². The van der Waals surface area contributed by atoms with Gasteiger partial charge in [0.2, 0.25) is 11.8 Å². The summed E-state index contributed by atoms with van der Waals surface area (Å²) in [6.45, 7) is 3.09. The normalized spacial score (nSPS) is 16.1. The lowest BCUT2D eigenvalue weighted by atomic mass is 9.98. The van der Waals surface area contributed by atoms with Gasteiger partial charge in [0.05, 0.1) is 31.0 Å². The molecule has 0 radical (unpaired) electrons. The molecule has 1 aliphatic rings. The van der Waals surface area contributed by atoms with Crippen molar-refractivity contribution in [2.24, 2.45) is 5.92 Å². The molecule has 8 heteroatoms. The van der Waals surface area contributed by atoms with E-state index in [0.29, 0.717) is 32.5 Å². The van der Waals surface area contributed by atoms with Crippen molar-refractivity contribution < 1.29 is 19.1 Å². The number of rotatable bonds is 8. The highest BCUT2D eigenvalue weighted by molar-refractivity contribution is 5.85. The summed E-state index contributed by atoms with van der Waals surface area (Å²) in [5, 5.41) is 4.35. The summed E-state index contributed by atoms with van der Waals surface area (Å²) < 4.78 is 6.87. The number of likely N-dealkylation sites (tertiary alicyclic amines) is 1. The number of piperidine rings is 1. The number of hydrogen-bond donors (Lipinski definition) is 0. The lowest BCUT2D eigenvalue weighted by Crippen LogP contribution is -2.47. The van der Waals surface area contributed by atoms with E-state index >= 15 is 0 Å². The SMILES string of the molecule is CCOC(=O)C1CCCN(C(=O)CN(C)C(=O)CCc2cnn(-c3ccccc3)c2)C1. The molecule has 1 aromatic carbocycles. The largest absolute Gasteiger partial charge is 0.466 e. The number of carbonyl (C=O) groups is 3. The van der Waals surface area contributed by atoms with Gasteiger partial charge < -0.3 is 14.5 Å². The van der Waals surface area contributed by atoms with Crippen LogP contribution >= 0.6 is 0 Å². The van der Waals surface area contributed by atoms with Crippen LogP contribution in [0.25, 0.3) is 5.69 Å². The maximum atomic E-state index is 12.6.